The van der Waals surface area contributed by atoms with Crippen molar-refractivity contribution in [1.29, 1.82) is 0 Å². The Kier molecular flexibility index (Phi) is 2.65. The van der Waals surface area contributed by atoms with Gasteiger partial charge in [-0.05, 0) is 18.2 Å². The molecule has 0 saturated heterocycles. The molecule has 0 aliphatic carbocycles. The van der Waals surface area contributed by atoms with Crippen molar-refractivity contribution in [2.24, 2.45) is 0 Å². The molecule has 2 aromatic heterocycles. The van der Waals surface area contributed by atoms with Crippen molar-refractivity contribution in [1.82, 2.24) is 4.98 Å². The Labute approximate surface area is 104 Å². The molecule has 0 fully saturated rings. The van der Waals surface area contributed by atoms with Crippen molar-refractivity contribution in [2.45, 2.75) is 6.42 Å². The monoisotopic (exact) mass is 237 g/mol. The van der Waals surface area contributed by atoms with E-state index in [9.17, 15) is 4.79 Å². The van der Waals surface area contributed by atoms with E-state index in [-0.39, 0.29) is 0 Å². The van der Waals surface area contributed by atoms with Gasteiger partial charge in [-0.25, -0.2) is 0 Å². The number of fused-ring (bicyclic) bond motifs is 1. The second-order valence-electron chi connectivity index (χ2n) is 4.10. The molecule has 0 aliphatic rings. The fourth-order valence-corrected chi connectivity index (χ4v) is 2.00. The number of aldehydes is 1. The van der Waals surface area contributed by atoms with Gasteiger partial charge in [0.2, 0.25) is 0 Å². The van der Waals surface area contributed by atoms with Crippen LogP contribution < -0.4 is 0 Å². The summed E-state index contributed by atoms with van der Waals surface area (Å²) < 4.78 is 5.08. The Hall–Kier alpha value is -2.42. The number of carbonyl (C=O) groups is 1. The van der Waals surface area contributed by atoms with Gasteiger partial charge in [-0.1, -0.05) is 24.3 Å². The number of benzene rings is 1. The summed E-state index contributed by atoms with van der Waals surface area (Å²) in [7, 11) is 0. The highest BCUT2D eigenvalue weighted by molar-refractivity contribution is 5.78. The van der Waals surface area contributed by atoms with Gasteiger partial charge in [0.05, 0.1) is 11.8 Å². The van der Waals surface area contributed by atoms with Crippen LogP contribution >= 0.6 is 0 Å². The van der Waals surface area contributed by atoms with Crippen LogP contribution in [-0.2, 0) is 6.42 Å². The molecule has 0 saturated carbocycles. The maximum absolute atomic E-state index is 10.8. The summed E-state index contributed by atoms with van der Waals surface area (Å²) in [4.78, 5) is 15.3. The van der Waals surface area contributed by atoms with Gasteiger partial charge in [0.25, 0.3) is 0 Å². The summed E-state index contributed by atoms with van der Waals surface area (Å²) in [5.74, 6) is 0.380. The second kappa shape index (κ2) is 4.45. The number of para-hydroxylation sites is 1. The van der Waals surface area contributed by atoms with E-state index in [4.69, 9.17) is 4.42 Å². The van der Waals surface area contributed by atoms with Crippen molar-refractivity contribution < 1.29 is 9.21 Å². The molecule has 18 heavy (non-hydrogen) atoms. The normalized spacial score (nSPS) is 10.7. The molecular formula is C15H11NO2. The molecule has 1 aromatic carbocycles. The van der Waals surface area contributed by atoms with Crippen LogP contribution in [0.3, 0.4) is 0 Å². The van der Waals surface area contributed by atoms with Crippen LogP contribution in [0.1, 0.15) is 21.8 Å². The lowest BCUT2D eigenvalue weighted by molar-refractivity contribution is 0.109. The molecule has 0 N–H and O–H groups in total. The number of hydrogen-bond donors (Lipinski definition) is 0. The number of nitrogens with zero attached hydrogens (tertiary/aromatic N) is 1. The minimum absolute atomic E-state index is 0.380. The summed E-state index contributed by atoms with van der Waals surface area (Å²) in [6.07, 6.45) is 2.87. The minimum atomic E-state index is 0.380. The topological polar surface area (TPSA) is 43.1 Å². The first kappa shape index (κ1) is 10.7. The highest BCUT2D eigenvalue weighted by atomic mass is 16.3. The molecule has 3 heteroatoms. The van der Waals surface area contributed by atoms with E-state index >= 15 is 0 Å². The molecule has 3 nitrogen and oxygen atoms in total. The van der Waals surface area contributed by atoms with E-state index in [1.807, 2.05) is 36.4 Å². The minimum Gasteiger partial charge on any atom is -0.461 e. The van der Waals surface area contributed by atoms with E-state index in [1.54, 1.807) is 6.07 Å². The molecule has 3 rings (SSSR count). The lowest BCUT2D eigenvalue weighted by atomic mass is 10.1. The third-order valence-electron chi connectivity index (χ3n) is 2.92. The van der Waals surface area contributed by atoms with E-state index in [0.717, 1.165) is 28.4 Å². The van der Waals surface area contributed by atoms with Crippen molar-refractivity contribution in [3.63, 3.8) is 0 Å². The SMILES string of the molecule is O=Cc1occc1Cc1ccc2ccccc2n1. The zero-order valence-electron chi connectivity index (χ0n) is 9.67. The maximum atomic E-state index is 10.8. The molecule has 0 amide bonds. The molecule has 0 atom stereocenters. The van der Waals surface area contributed by atoms with Crippen LogP contribution in [0, 0.1) is 0 Å². The molecule has 0 spiro atoms. The molecule has 88 valence electrons. The summed E-state index contributed by atoms with van der Waals surface area (Å²) in [5, 5.41) is 1.11. The number of furan rings is 1. The highest BCUT2D eigenvalue weighted by Crippen LogP contribution is 2.16. The van der Waals surface area contributed by atoms with Crippen LogP contribution in [-0.4, -0.2) is 11.3 Å². The molecule has 3 aromatic rings. The van der Waals surface area contributed by atoms with Gasteiger partial charge >= 0.3 is 0 Å². The van der Waals surface area contributed by atoms with Gasteiger partial charge in [-0.15, -0.1) is 0 Å². The fourth-order valence-electron chi connectivity index (χ4n) is 2.00. The van der Waals surface area contributed by atoms with Gasteiger partial charge < -0.3 is 4.42 Å². The predicted molar refractivity (Wildman–Crippen MR) is 68.6 cm³/mol. The summed E-state index contributed by atoms with van der Waals surface area (Å²) in [5.41, 5.74) is 2.76. The van der Waals surface area contributed by atoms with Gasteiger partial charge in [-0.2, -0.15) is 0 Å². The standard InChI is InChI=1S/C15H11NO2/c17-10-15-12(7-8-18-15)9-13-6-5-11-3-1-2-4-14(11)16-13/h1-8,10H,9H2. The van der Waals surface area contributed by atoms with E-state index in [1.165, 1.54) is 6.26 Å². The maximum Gasteiger partial charge on any atom is 0.185 e. The van der Waals surface area contributed by atoms with E-state index in [0.29, 0.717) is 12.2 Å². The van der Waals surface area contributed by atoms with E-state index < -0.39 is 0 Å². The third kappa shape index (κ3) is 1.91. The molecule has 0 radical (unpaired) electrons. The summed E-state index contributed by atoms with van der Waals surface area (Å²) >= 11 is 0. The number of carbonyl (C=O) groups excluding carboxylic acids is 1. The zero-order chi connectivity index (χ0) is 12.4. The number of aromatic nitrogens is 1. The predicted octanol–water partition coefficient (Wildman–Crippen LogP) is 3.23. The lowest BCUT2D eigenvalue weighted by Crippen LogP contribution is -1.94. The molecule has 0 bridgehead atoms. The lowest BCUT2D eigenvalue weighted by Gasteiger charge is -2.02. The molecular weight excluding hydrogens is 226 g/mol. The fraction of sp³-hybridized carbons (Fsp3) is 0.0667. The van der Waals surface area contributed by atoms with Crippen LogP contribution in [0.5, 0.6) is 0 Å². The average Bonchev–Trinajstić information content (AvgIpc) is 2.86. The van der Waals surface area contributed by atoms with Crippen LogP contribution in [0.25, 0.3) is 10.9 Å². The Morgan fingerprint density at radius 3 is 2.89 bits per heavy atom. The van der Waals surface area contributed by atoms with Crippen molar-refractivity contribution in [3.05, 3.63) is 65.7 Å². The Morgan fingerprint density at radius 1 is 1.11 bits per heavy atom. The highest BCUT2D eigenvalue weighted by Gasteiger charge is 2.07. The molecule has 0 aliphatic heterocycles. The zero-order valence-corrected chi connectivity index (χ0v) is 9.67. The van der Waals surface area contributed by atoms with Gasteiger partial charge in [0.15, 0.2) is 12.0 Å². The van der Waals surface area contributed by atoms with E-state index in [2.05, 4.69) is 4.98 Å². The average molecular weight is 237 g/mol. The van der Waals surface area contributed by atoms with Crippen molar-refractivity contribution in [3.8, 4) is 0 Å². The summed E-state index contributed by atoms with van der Waals surface area (Å²) in [6, 6.07) is 13.8. The van der Waals surface area contributed by atoms with Gasteiger partial charge in [0, 0.05) is 23.1 Å². The van der Waals surface area contributed by atoms with Gasteiger partial charge in [-0.3, -0.25) is 9.78 Å². The van der Waals surface area contributed by atoms with Crippen LogP contribution in [0.4, 0.5) is 0 Å². The second-order valence-corrected chi connectivity index (χ2v) is 4.10. The Morgan fingerprint density at radius 2 is 2.00 bits per heavy atom. The Balaban J connectivity index is 1.97. The van der Waals surface area contributed by atoms with Crippen molar-refractivity contribution in [2.75, 3.05) is 0 Å². The van der Waals surface area contributed by atoms with Crippen molar-refractivity contribution >= 4 is 17.2 Å². The van der Waals surface area contributed by atoms with Gasteiger partial charge in [0.1, 0.15) is 0 Å². The van der Waals surface area contributed by atoms with Crippen LogP contribution in [0.2, 0.25) is 0 Å². The number of pyridine rings is 1. The number of rotatable bonds is 3. The van der Waals surface area contributed by atoms with Crippen LogP contribution in [0.15, 0.2) is 53.1 Å². The summed E-state index contributed by atoms with van der Waals surface area (Å²) in [6.45, 7) is 0. The Bertz CT molecular complexity index is 700. The quantitative estimate of drug-likeness (QED) is 0.657. The number of hydrogen-bond acceptors (Lipinski definition) is 3. The first-order valence-electron chi connectivity index (χ1n) is 5.73. The largest absolute Gasteiger partial charge is 0.461 e. The first-order chi connectivity index (χ1) is 8.86. The molecule has 0 unspecified atom stereocenters. The third-order valence-corrected chi connectivity index (χ3v) is 2.92. The first-order valence-corrected chi connectivity index (χ1v) is 5.73. The molecule has 2 heterocycles. The smallest absolute Gasteiger partial charge is 0.185 e.